The van der Waals surface area contributed by atoms with Gasteiger partial charge in [0, 0.05) is 15.6 Å². The number of carbonyl (C=O) groups excluding carboxylic acids is 1. The van der Waals surface area contributed by atoms with E-state index in [0.29, 0.717) is 11.1 Å². The Bertz CT molecular complexity index is 685. The fourth-order valence-electron chi connectivity index (χ4n) is 1.75. The maximum absolute atomic E-state index is 12.2. The van der Waals surface area contributed by atoms with Crippen LogP contribution in [0.1, 0.15) is 21.5 Å². The lowest BCUT2D eigenvalue weighted by atomic mass is 10.1. The number of halogens is 1. The van der Waals surface area contributed by atoms with Crippen LogP contribution in [-0.2, 0) is 0 Å². The summed E-state index contributed by atoms with van der Waals surface area (Å²) in [4.78, 5) is 12.5. The zero-order chi connectivity index (χ0) is 14.7. The summed E-state index contributed by atoms with van der Waals surface area (Å²) in [5.74, 6) is -0.200. The predicted molar refractivity (Wildman–Crippen MR) is 89.2 cm³/mol. The highest BCUT2D eigenvalue weighted by molar-refractivity contribution is 9.10. The van der Waals surface area contributed by atoms with Gasteiger partial charge in [0.2, 0.25) is 0 Å². The van der Waals surface area contributed by atoms with Gasteiger partial charge in [0.25, 0.3) is 5.91 Å². The van der Waals surface area contributed by atoms with Gasteiger partial charge in [-0.2, -0.15) is 0 Å². The molecule has 0 aliphatic carbocycles. The summed E-state index contributed by atoms with van der Waals surface area (Å²) in [6.45, 7) is 1.97. The van der Waals surface area contributed by atoms with Crippen LogP contribution in [0.25, 0.3) is 0 Å². The van der Waals surface area contributed by atoms with Gasteiger partial charge in [-0.15, -0.1) is 0 Å². The minimum absolute atomic E-state index is 0.200. The Balaban J connectivity index is 2.26. The molecule has 102 valence electrons. The van der Waals surface area contributed by atoms with Gasteiger partial charge in [0.05, 0.1) is 5.69 Å². The Kier molecular flexibility index (Phi) is 4.52. The molecule has 2 aromatic carbocycles. The maximum Gasteiger partial charge on any atom is 0.255 e. The van der Waals surface area contributed by atoms with Gasteiger partial charge in [0.15, 0.2) is 0 Å². The van der Waals surface area contributed by atoms with Crippen LogP contribution in [0.3, 0.4) is 0 Å². The summed E-state index contributed by atoms with van der Waals surface area (Å²) in [5.41, 5.74) is 8.55. The quantitative estimate of drug-likeness (QED) is 0.832. The number of amides is 1. The molecule has 0 aliphatic heterocycles. The van der Waals surface area contributed by atoms with Crippen molar-refractivity contribution in [3.8, 4) is 0 Å². The van der Waals surface area contributed by atoms with E-state index in [4.69, 9.17) is 18.0 Å². The molecule has 3 N–H and O–H groups in total. The van der Waals surface area contributed by atoms with Crippen LogP contribution >= 0.6 is 28.1 Å². The number of nitrogens with one attached hydrogen (secondary N) is 1. The largest absolute Gasteiger partial charge is 0.389 e. The minimum Gasteiger partial charge on any atom is -0.389 e. The van der Waals surface area contributed by atoms with Crippen LogP contribution in [0.15, 0.2) is 46.9 Å². The van der Waals surface area contributed by atoms with Crippen molar-refractivity contribution < 1.29 is 4.79 Å². The molecule has 0 saturated heterocycles. The minimum atomic E-state index is -0.200. The monoisotopic (exact) mass is 348 g/mol. The first kappa shape index (κ1) is 14.7. The highest BCUT2D eigenvalue weighted by Gasteiger charge is 2.10. The molecule has 2 aromatic rings. The van der Waals surface area contributed by atoms with E-state index in [-0.39, 0.29) is 10.9 Å². The molecule has 0 aliphatic rings. The zero-order valence-corrected chi connectivity index (χ0v) is 13.2. The number of thiocarbonyl (C=S) groups is 1. The first-order valence-electron chi connectivity index (χ1n) is 5.95. The molecule has 0 saturated carbocycles. The van der Waals surface area contributed by atoms with E-state index in [1.54, 1.807) is 24.3 Å². The molecule has 5 heteroatoms. The average Bonchev–Trinajstić information content (AvgIpc) is 2.44. The summed E-state index contributed by atoms with van der Waals surface area (Å²) in [6, 6.07) is 12.6. The van der Waals surface area contributed by atoms with Gasteiger partial charge in [-0.1, -0.05) is 36.5 Å². The molecule has 3 nitrogen and oxygen atoms in total. The molecule has 0 spiro atoms. The Hall–Kier alpha value is -1.72. The van der Waals surface area contributed by atoms with E-state index >= 15 is 0 Å². The second-order valence-electron chi connectivity index (χ2n) is 4.34. The fourth-order valence-corrected chi connectivity index (χ4v) is 2.24. The standard InChI is InChI=1S/C15H13BrN2OS/c1-9-4-2-7-12(13(9)16)18-15(19)11-6-3-5-10(8-11)14(17)20/h2-8H,1H3,(H2,17,20)(H,18,19). The average molecular weight is 349 g/mol. The van der Waals surface area contributed by atoms with Crippen molar-refractivity contribution in [3.63, 3.8) is 0 Å². The van der Waals surface area contributed by atoms with Gasteiger partial charge in [-0.25, -0.2) is 0 Å². The topological polar surface area (TPSA) is 55.1 Å². The van der Waals surface area contributed by atoms with E-state index < -0.39 is 0 Å². The van der Waals surface area contributed by atoms with Crippen molar-refractivity contribution in [1.82, 2.24) is 0 Å². The SMILES string of the molecule is Cc1cccc(NC(=O)c2cccc(C(N)=S)c2)c1Br. The Morgan fingerprint density at radius 2 is 1.85 bits per heavy atom. The van der Waals surface area contributed by atoms with Crippen molar-refractivity contribution in [2.75, 3.05) is 5.32 Å². The molecule has 0 heterocycles. The summed E-state index contributed by atoms with van der Waals surface area (Å²) in [5, 5.41) is 2.86. The molecule has 0 aromatic heterocycles. The first-order chi connectivity index (χ1) is 9.49. The van der Waals surface area contributed by atoms with Crippen LogP contribution in [0.2, 0.25) is 0 Å². The lowest BCUT2D eigenvalue weighted by Crippen LogP contribution is -2.15. The number of anilines is 1. The molecule has 0 fully saturated rings. The summed E-state index contributed by atoms with van der Waals surface area (Å²) < 4.78 is 0.874. The number of hydrogen-bond acceptors (Lipinski definition) is 2. The molecule has 0 bridgehead atoms. The molecule has 0 radical (unpaired) electrons. The van der Waals surface area contributed by atoms with Gasteiger partial charge < -0.3 is 11.1 Å². The molecular formula is C15H13BrN2OS. The highest BCUT2D eigenvalue weighted by atomic mass is 79.9. The van der Waals surface area contributed by atoms with E-state index in [1.807, 2.05) is 25.1 Å². The molecule has 0 atom stereocenters. The number of nitrogens with two attached hydrogens (primary N) is 1. The van der Waals surface area contributed by atoms with E-state index in [0.717, 1.165) is 15.7 Å². The first-order valence-corrected chi connectivity index (χ1v) is 7.15. The molecule has 0 unspecified atom stereocenters. The number of benzene rings is 2. The van der Waals surface area contributed by atoms with Crippen molar-refractivity contribution in [2.45, 2.75) is 6.92 Å². The third-order valence-electron chi connectivity index (χ3n) is 2.85. The van der Waals surface area contributed by atoms with Crippen molar-refractivity contribution in [1.29, 1.82) is 0 Å². The van der Waals surface area contributed by atoms with Gasteiger partial charge in [0.1, 0.15) is 4.99 Å². The lowest BCUT2D eigenvalue weighted by molar-refractivity contribution is 0.102. The lowest BCUT2D eigenvalue weighted by Gasteiger charge is -2.09. The highest BCUT2D eigenvalue weighted by Crippen LogP contribution is 2.26. The van der Waals surface area contributed by atoms with Crippen LogP contribution < -0.4 is 11.1 Å². The van der Waals surface area contributed by atoms with Crippen molar-refractivity contribution in [3.05, 3.63) is 63.6 Å². The van der Waals surface area contributed by atoms with Crippen LogP contribution in [-0.4, -0.2) is 10.9 Å². The van der Waals surface area contributed by atoms with Crippen LogP contribution in [0, 0.1) is 6.92 Å². The number of carbonyl (C=O) groups is 1. The van der Waals surface area contributed by atoms with Gasteiger partial charge in [-0.05, 0) is 46.6 Å². The summed E-state index contributed by atoms with van der Waals surface area (Å²) >= 11 is 8.38. The summed E-state index contributed by atoms with van der Waals surface area (Å²) in [6.07, 6.45) is 0. The second kappa shape index (κ2) is 6.15. The molecule has 2 rings (SSSR count). The normalized spacial score (nSPS) is 10.1. The van der Waals surface area contributed by atoms with Crippen LogP contribution in [0.5, 0.6) is 0 Å². The van der Waals surface area contributed by atoms with Crippen molar-refractivity contribution in [2.24, 2.45) is 5.73 Å². The van der Waals surface area contributed by atoms with Crippen molar-refractivity contribution >= 4 is 44.7 Å². The molecular weight excluding hydrogens is 336 g/mol. The number of hydrogen-bond donors (Lipinski definition) is 2. The van der Waals surface area contributed by atoms with E-state index in [1.165, 1.54) is 0 Å². The molecule has 20 heavy (non-hydrogen) atoms. The number of aryl methyl sites for hydroxylation is 1. The Morgan fingerprint density at radius 3 is 2.55 bits per heavy atom. The van der Waals surface area contributed by atoms with Crippen LogP contribution in [0.4, 0.5) is 5.69 Å². The van der Waals surface area contributed by atoms with Gasteiger partial charge >= 0.3 is 0 Å². The van der Waals surface area contributed by atoms with E-state index in [9.17, 15) is 4.79 Å². The fraction of sp³-hybridized carbons (Fsp3) is 0.0667. The summed E-state index contributed by atoms with van der Waals surface area (Å²) in [7, 11) is 0. The van der Waals surface area contributed by atoms with Gasteiger partial charge in [-0.3, -0.25) is 4.79 Å². The predicted octanol–water partition coefficient (Wildman–Crippen LogP) is 3.64. The second-order valence-corrected chi connectivity index (χ2v) is 5.57. The Labute approximate surface area is 131 Å². The Morgan fingerprint density at radius 1 is 1.20 bits per heavy atom. The maximum atomic E-state index is 12.2. The number of rotatable bonds is 3. The zero-order valence-electron chi connectivity index (χ0n) is 10.8. The third kappa shape index (κ3) is 3.23. The smallest absolute Gasteiger partial charge is 0.255 e. The molecule has 1 amide bonds. The van der Waals surface area contributed by atoms with E-state index in [2.05, 4.69) is 21.2 Å². The third-order valence-corrected chi connectivity index (χ3v) is 4.14.